The summed E-state index contributed by atoms with van der Waals surface area (Å²) in [5.74, 6) is 1.22. The van der Waals surface area contributed by atoms with E-state index in [0.29, 0.717) is 45.1 Å². The zero-order valence-corrected chi connectivity index (χ0v) is 15.1. The van der Waals surface area contributed by atoms with Crippen molar-refractivity contribution in [1.29, 1.82) is 0 Å². The van der Waals surface area contributed by atoms with Crippen LogP contribution in [0.5, 0.6) is 0 Å². The Bertz CT molecular complexity index is 648. The number of ether oxygens (including phenoxy) is 1. The number of aromatic nitrogens is 1. The van der Waals surface area contributed by atoms with Crippen molar-refractivity contribution >= 4 is 0 Å². The van der Waals surface area contributed by atoms with Crippen LogP contribution in [-0.4, -0.2) is 40.3 Å². The highest BCUT2D eigenvalue weighted by molar-refractivity contribution is 5.16. The number of oxazole rings is 1. The van der Waals surface area contributed by atoms with Crippen LogP contribution in [-0.2, 0) is 17.8 Å². The second-order valence-corrected chi connectivity index (χ2v) is 7.29. The normalized spacial score (nSPS) is 17.3. The Labute approximate surface area is 149 Å². The molecule has 1 N–H and O–H groups in total. The second kappa shape index (κ2) is 8.13. The summed E-state index contributed by atoms with van der Waals surface area (Å²) in [6, 6.07) is 10.4. The maximum Gasteiger partial charge on any atom is 0.181 e. The van der Waals surface area contributed by atoms with Crippen molar-refractivity contribution in [3.63, 3.8) is 0 Å². The smallest absolute Gasteiger partial charge is 0.181 e. The molecule has 0 saturated carbocycles. The third-order valence-corrected chi connectivity index (χ3v) is 4.76. The molecule has 1 aliphatic rings. The first-order valence-electron chi connectivity index (χ1n) is 9.04. The van der Waals surface area contributed by atoms with Crippen molar-refractivity contribution in [2.75, 3.05) is 19.8 Å². The maximum absolute atomic E-state index is 11.0. The van der Waals surface area contributed by atoms with E-state index < -0.39 is 5.60 Å². The van der Waals surface area contributed by atoms with E-state index in [9.17, 15) is 5.11 Å². The molecule has 0 aliphatic carbocycles. The minimum absolute atomic E-state index is 0.294. The lowest BCUT2D eigenvalue weighted by atomic mass is 9.93. The molecule has 2 aromatic rings. The highest BCUT2D eigenvalue weighted by atomic mass is 16.5. The van der Waals surface area contributed by atoms with Crippen LogP contribution in [0.15, 0.2) is 41.1 Å². The van der Waals surface area contributed by atoms with Gasteiger partial charge >= 0.3 is 0 Å². The van der Waals surface area contributed by atoms with Crippen LogP contribution in [0.3, 0.4) is 0 Å². The minimum Gasteiger partial charge on any atom is -0.448 e. The molecular weight excluding hydrogens is 316 g/mol. The van der Waals surface area contributed by atoms with E-state index in [1.807, 2.05) is 18.2 Å². The third kappa shape index (κ3) is 4.91. The van der Waals surface area contributed by atoms with Gasteiger partial charge in [0.05, 0.1) is 11.3 Å². The molecule has 0 bridgehead atoms. The quantitative estimate of drug-likeness (QED) is 0.835. The number of hydrogen-bond donors (Lipinski definition) is 1. The molecule has 5 nitrogen and oxygen atoms in total. The van der Waals surface area contributed by atoms with Gasteiger partial charge in [0.25, 0.3) is 0 Å². The highest BCUT2D eigenvalue weighted by Gasteiger charge is 2.32. The molecule has 0 unspecified atom stereocenters. The van der Waals surface area contributed by atoms with E-state index in [1.165, 1.54) is 12.0 Å². The summed E-state index contributed by atoms with van der Waals surface area (Å²) in [6.07, 6.45) is 2.87. The summed E-state index contributed by atoms with van der Waals surface area (Å²) in [5, 5.41) is 11.0. The summed E-state index contributed by atoms with van der Waals surface area (Å²) in [5.41, 5.74) is 1.49. The molecule has 3 rings (SSSR count). The van der Waals surface area contributed by atoms with E-state index in [0.717, 1.165) is 18.0 Å². The van der Waals surface area contributed by atoms with Crippen LogP contribution >= 0.6 is 0 Å². The summed E-state index contributed by atoms with van der Waals surface area (Å²) in [4.78, 5) is 6.69. The first-order chi connectivity index (χ1) is 12.1. The molecule has 1 aromatic heterocycles. The van der Waals surface area contributed by atoms with Crippen molar-refractivity contribution in [3.8, 4) is 0 Å². The van der Waals surface area contributed by atoms with Gasteiger partial charge < -0.3 is 14.3 Å². The van der Waals surface area contributed by atoms with E-state index in [1.54, 1.807) is 0 Å². The molecule has 0 radical (unpaired) electrons. The van der Waals surface area contributed by atoms with Crippen LogP contribution in [0.2, 0.25) is 0 Å². The summed E-state index contributed by atoms with van der Waals surface area (Å²) in [6.45, 7) is 7.51. The molecular formula is C20H28N2O3. The van der Waals surface area contributed by atoms with Gasteiger partial charge in [-0.3, -0.25) is 4.90 Å². The zero-order valence-electron chi connectivity index (χ0n) is 15.1. The third-order valence-electron chi connectivity index (χ3n) is 4.76. The first-order valence-corrected chi connectivity index (χ1v) is 9.04. The van der Waals surface area contributed by atoms with Crippen LogP contribution in [0.4, 0.5) is 0 Å². The number of aliphatic hydroxyl groups is 1. The molecule has 5 heteroatoms. The second-order valence-electron chi connectivity index (χ2n) is 7.29. The van der Waals surface area contributed by atoms with Gasteiger partial charge in [0.2, 0.25) is 0 Å². The molecule has 1 aromatic carbocycles. The predicted molar refractivity (Wildman–Crippen MR) is 96.2 cm³/mol. The van der Waals surface area contributed by atoms with E-state index in [4.69, 9.17) is 9.15 Å². The van der Waals surface area contributed by atoms with Crippen molar-refractivity contribution in [3.05, 3.63) is 53.7 Å². The standard InChI is InChI=1S/C20H28N2O3/c1-16(2)19-18(21-15-25-19)13-22(12-17-6-4-3-5-7-17)14-20(23)8-10-24-11-9-20/h3-7,15-16,23H,8-14H2,1-2H3. The average molecular weight is 344 g/mol. The molecule has 1 aliphatic heterocycles. The molecule has 1 saturated heterocycles. The van der Waals surface area contributed by atoms with Gasteiger partial charge in [-0.15, -0.1) is 0 Å². The van der Waals surface area contributed by atoms with Gasteiger partial charge in [0.1, 0.15) is 5.76 Å². The average Bonchev–Trinajstić information content (AvgIpc) is 3.04. The molecule has 0 spiro atoms. The SMILES string of the molecule is CC(C)c1ocnc1CN(Cc1ccccc1)CC1(O)CCOCC1. The Hall–Kier alpha value is -1.69. The fraction of sp³-hybridized carbons (Fsp3) is 0.550. The van der Waals surface area contributed by atoms with Crippen LogP contribution in [0, 0.1) is 0 Å². The van der Waals surface area contributed by atoms with E-state index in [2.05, 4.69) is 35.9 Å². The summed E-state index contributed by atoms with van der Waals surface area (Å²) >= 11 is 0. The fourth-order valence-electron chi connectivity index (χ4n) is 3.41. The maximum atomic E-state index is 11.0. The van der Waals surface area contributed by atoms with Gasteiger partial charge in [-0.2, -0.15) is 0 Å². The van der Waals surface area contributed by atoms with E-state index in [-0.39, 0.29) is 0 Å². The fourth-order valence-corrected chi connectivity index (χ4v) is 3.41. The van der Waals surface area contributed by atoms with Crippen molar-refractivity contribution in [1.82, 2.24) is 9.88 Å². The number of hydrogen-bond acceptors (Lipinski definition) is 5. The Morgan fingerprint density at radius 1 is 1.16 bits per heavy atom. The Morgan fingerprint density at radius 3 is 2.56 bits per heavy atom. The summed E-state index contributed by atoms with van der Waals surface area (Å²) in [7, 11) is 0. The molecule has 25 heavy (non-hydrogen) atoms. The van der Waals surface area contributed by atoms with Gasteiger partial charge in [0, 0.05) is 51.6 Å². The molecule has 1 fully saturated rings. The van der Waals surface area contributed by atoms with Gasteiger partial charge in [-0.1, -0.05) is 44.2 Å². The lowest BCUT2D eigenvalue weighted by molar-refractivity contribution is -0.0822. The Balaban J connectivity index is 1.77. The minimum atomic E-state index is -0.700. The lowest BCUT2D eigenvalue weighted by Crippen LogP contribution is -2.46. The largest absolute Gasteiger partial charge is 0.448 e. The molecule has 0 amide bonds. The van der Waals surface area contributed by atoms with Crippen LogP contribution in [0.25, 0.3) is 0 Å². The van der Waals surface area contributed by atoms with Crippen LogP contribution < -0.4 is 0 Å². The van der Waals surface area contributed by atoms with Gasteiger partial charge in [-0.05, 0) is 5.56 Å². The topological polar surface area (TPSA) is 58.7 Å². The number of benzene rings is 1. The Kier molecular flexibility index (Phi) is 5.89. The molecule has 136 valence electrons. The van der Waals surface area contributed by atoms with E-state index >= 15 is 0 Å². The molecule has 0 atom stereocenters. The van der Waals surface area contributed by atoms with Gasteiger partial charge in [-0.25, -0.2) is 4.98 Å². The number of nitrogens with zero attached hydrogens (tertiary/aromatic N) is 2. The van der Waals surface area contributed by atoms with Gasteiger partial charge in [0.15, 0.2) is 6.39 Å². The van der Waals surface area contributed by atoms with Crippen molar-refractivity contribution < 1.29 is 14.3 Å². The monoisotopic (exact) mass is 344 g/mol. The van der Waals surface area contributed by atoms with Crippen molar-refractivity contribution in [2.24, 2.45) is 0 Å². The highest BCUT2D eigenvalue weighted by Crippen LogP contribution is 2.25. The predicted octanol–water partition coefficient (Wildman–Crippen LogP) is 3.34. The number of rotatable bonds is 7. The first kappa shape index (κ1) is 18.1. The molecule has 2 heterocycles. The van der Waals surface area contributed by atoms with Crippen molar-refractivity contribution in [2.45, 2.75) is 51.3 Å². The van der Waals surface area contributed by atoms with Crippen LogP contribution in [0.1, 0.15) is 49.6 Å². The Morgan fingerprint density at radius 2 is 1.88 bits per heavy atom. The lowest BCUT2D eigenvalue weighted by Gasteiger charge is -2.36. The summed E-state index contributed by atoms with van der Waals surface area (Å²) < 4.78 is 11.0. The zero-order chi connectivity index (χ0) is 17.7.